The number of carbonyl (C=O) groups excluding carboxylic acids is 1. The van der Waals surface area contributed by atoms with E-state index in [9.17, 15) is 14.7 Å². The van der Waals surface area contributed by atoms with E-state index < -0.39 is 18.1 Å². The van der Waals surface area contributed by atoms with Gasteiger partial charge in [-0.25, -0.2) is 9.59 Å². The average Bonchev–Trinajstić information content (AvgIpc) is 2.64. The Morgan fingerprint density at radius 2 is 1.60 bits per heavy atom. The zero-order valence-corrected chi connectivity index (χ0v) is 13.4. The van der Waals surface area contributed by atoms with E-state index >= 15 is 0 Å². The Morgan fingerprint density at radius 3 is 2.32 bits per heavy atom. The van der Waals surface area contributed by atoms with Crippen molar-refractivity contribution in [2.75, 3.05) is 0 Å². The Bertz CT molecular complexity index is 892. The molecule has 0 fully saturated rings. The summed E-state index contributed by atoms with van der Waals surface area (Å²) in [4.78, 5) is 23.5. The Hall–Kier alpha value is -3.34. The minimum absolute atomic E-state index is 0.0801. The standard InChI is InChI=1S/C20H17NO4/c22-19(23)18(17-11-10-15-8-4-5-9-16(15)12-17)21-20(24)25-13-14-6-2-1-3-7-14/h1-12,18H,13H2,(H,21,24)(H,22,23). The third-order valence-electron chi connectivity index (χ3n) is 3.83. The van der Waals surface area contributed by atoms with Gasteiger partial charge in [0.2, 0.25) is 0 Å². The second-order valence-electron chi connectivity index (χ2n) is 5.58. The summed E-state index contributed by atoms with van der Waals surface area (Å²) < 4.78 is 5.10. The molecule has 0 saturated heterocycles. The van der Waals surface area contributed by atoms with Crippen molar-refractivity contribution < 1.29 is 19.4 Å². The highest BCUT2D eigenvalue weighted by atomic mass is 16.5. The third-order valence-corrected chi connectivity index (χ3v) is 3.83. The summed E-state index contributed by atoms with van der Waals surface area (Å²) in [5, 5.41) is 13.8. The van der Waals surface area contributed by atoms with E-state index in [0.717, 1.165) is 16.3 Å². The topological polar surface area (TPSA) is 75.6 Å². The van der Waals surface area contributed by atoms with Crippen molar-refractivity contribution in [3.05, 3.63) is 83.9 Å². The number of amides is 1. The molecule has 5 nitrogen and oxygen atoms in total. The van der Waals surface area contributed by atoms with E-state index in [2.05, 4.69) is 5.32 Å². The molecule has 3 aromatic carbocycles. The van der Waals surface area contributed by atoms with Crippen molar-refractivity contribution in [2.45, 2.75) is 12.6 Å². The number of carbonyl (C=O) groups is 2. The molecule has 3 rings (SSSR count). The molecule has 126 valence electrons. The lowest BCUT2D eigenvalue weighted by Crippen LogP contribution is -2.34. The first-order valence-electron chi connectivity index (χ1n) is 7.82. The van der Waals surface area contributed by atoms with Gasteiger partial charge in [-0.3, -0.25) is 0 Å². The van der Waals surface area contributed by atoms with Gasteiger partial charge in [-0.1, -0.05) is 66.7 Å². The van der Waals surface area contributed by atoms with Gasteiger partial charge < -0.3 is 15.2 Å². The molecular formula is C20H17NO4. The molecule has 1 atom stereocenters. The Labute approximate surface area is 144 Å². The van der Waals surface area contributed by atoms with Crippen LogP contribution >= 0.6 is 0 Å². The average molecular weight is 335 g/mol. The molecule has 25 heavy (non-hydrogen) atoms. The quantitative estimate of drug-likeness (QED) is 0.742. The minimum Gasteiger partial charge on any atom is -0.479 e. The molecular weight excluding hydrogens is 318 g/mol. The molecule has 0 spiro atoms. The number of hydrogen-bond donors (Lipinski definition) is 2. The van der Waals surface area contributed by atoms with E-state index in [1.807, 2.05) is 60.7 Å². The van der Waals surface area contributed by atoms with E-state index in [0.29, 0.717) is 5.56 Å². The molecule has 0 saturated carbocycles. The molecule has 0 heterocycles. The maximum absolute atomic E-state index is 12.0. The van der Waals surface area contributed by atoms with Crippen molar-refractivity contribution in [1.29, 1.82) is 0 Å². The van der Waals surface area contributed by atoms with Crippen LogP contribution in [0.1, 0.15) is 17.2 Å². The van der Waals surface area contributed by atoms with E-state index in [4.69, 9.17) is 4.74 Å². The van der Waals surface area contributed by atoms with Crippen LogP contribution in [0.4, 0.5) is 4.79 Å². The van der Waals surface area contributed by atoms with Crippen molar-refractivity contribution >= 4 is 22.8 Å². The van der Waals surface area contributed by atoms with Crippen LogP contribution in [-0.2, 0) is 16.1 Å². The fraction of sp³-hybridized carbons (Fsp3) is 0.100. The molecule has 0 bridgehead atoms. The van der Waals surface area contributed by atoms with Gasteiger partial charge in [-0.15, -0.1) is 0 Å². The highest BCUT2D eigenvalue weighted by molar-refractivity contribution is 5.86. The first kappa shape index (κ1) is 16.5. The maximum Gasteiger partial charge on any atom is 0.408 e. The lowest BCUT2D eigenvalue weighted by Gasteiger charge is -2.15. The summed E-state index contributed by atoms with van der Waals surface area (Å²) in [6.07, 6.45) is -0.774. The lowest BCUT2D eigenvalue weighted by molar-refractivity contribution is -0.139. The number of rotatable bonds is 5. The zero-order chi connectivity index (χ0) is 17.6. The van der Waals surface area contributed by atoms with Gasteiger partial charge in [0.1, 0.15) is 6.61 Å². The van der Waals surface area contributed by atoms with Gasteiger partial charge in [0.15, 0.2) is 6.04 Å². The third kappa shape index (κ3) is 4.14. The van der Waals surface area contributed by atoms with Crippen molar-refractivity contribution in [3.63, 3.8) is 0 Å². The number of nitrogens with one attached hydrogen (secondary N) is 1. The number of carboxylic acid groups (broad SMARTS) is 1. The van der Waals surface area contributed by atoms with Gasteiger partial charge in [0, 0.05) is 0 Å². The van der Waals surface area contributed by atoms with Gasteiger partial charge in [-0.2, -0.15) is 0 Å². The van der Waals surface area contributed by atoms with Crippen LogP contribution in [0.2, 0.25) is 0 Å². The molecule has 1 unspecified atom stereocenters. The summed E-state index contributed by atoms with van der Waals surface area (Å²) >= 11 is 0. The molecule has 1 amide bonds. The molecule has 3 aromatic rings. The van der Waals surface area contributed by atoms with Crippen LogP contribution in [0.25, 0.3) is 10.8 Å². The fourth-order valence-corrected chi connectivity index (χ4v) is 2.56. The number of aliphatic carboxylic acids is 1. The summed E-state index contributed by atoms with van der Waals surface area (Å²) in [5.74, 6) is -1.15. The Balaban J connectivity index is 1.71. The van der Waals surface area contributed by atoms with E-state index in [1.54, 1.807) is 12.1 Å². The monoisotopic (exact) mass is 335 g/mol. The molecule has 2 N–H and O–H groups in total. The van der Waals surface area contributed by atoms with E-state index in [1.165, 1.54) is 0 Å². The number of fused-ring (bicyclic) bond motifs is 1. The Kier molecular flexibility index (Phi) is 4.95. The summed E-state index contributed by atoms with van der Waals surface area (Å²) in [6.45, 7) is 0.0801. The Morgan fingerprint density at radius 1 is 0.920 bits per heavy atom. The minimum atomic E-state index is -1.17. The first-order valence-corrected chi connectivity index (χ1v) is 7.82. The fourth-order valence-electron chi connectivity index (χ4n) is 2.56. The first-order chi connectivity index (χ1) is 12.1. The molecule has 5 heteroatoms. The highest BCUT2D eigenvalue weighted by Crippen LogP contribution is 2.21. The smallest absolute Gasteiger partial charge is 0.408 e. The lowest BCUT2D eigenvalue weighted by atomic mass is 10.0. The molecule has 0 aliphatic carbocycles. The van der Waals surface area contributed by atoms with Crippen LogP contribution in [0.15, 0.2) is 72.8 Å². The van der Waals surface area contributed by atoms with Crippen LogP contribution in [-0.4, -0.2) is 17.2 Å². The summed E-state index contributed by atoms with van der Waals surface area (Å²) in [5.41, 5.74) is 1.32. The number of benzene rings is 3. The number of alkyl carbamates (subject to hydrolysis) is 1. The zero-order valence-electron chi connectivity index (χ0n) is 13.4. The van der Waals surface area contributed by atoms with Gasteiger partial charge in [0.05, 0.1) is 0 Å². The molecule has 0 aliphatic heterocycles. The molecule has 0 aromatic heterocycles. The molecule has 0 radical (unpaired) electrons. The van der Waals surface area contributed by atoms with Gasteiger partial charge >= 0.3 is 12.1 Å². The van der Waals surface area contributed by atoms with Crippen molar-refractivity contribution in [1.82, 2.24) is 5.32 Å². The SMILES string of the molecule is O=C(NC(C(=O)O)c1ccc2ccccc2c1)OCc1ccccc1. The number of ether oxygens (including phenoxy) is 1. The van der Waals surface area contributed by atoms with Gasteiger partial charge in [0.25, 0.3) is 0 Å². The summed E-state index contributed by atoms with van der Waals surface area (Å²) in [6, 6.07) is 20.9. The van der Waals surface area contributed by atoms with Crippen LogP contribution < -0.4 is 5.32 Å². The van der Waals surface area contributed by atoms with Crippen LogP contribution in [0.3, 0.4) is 0 Å². The second-order valence-corrected chi connectivity index (χ2v) is 5.58. The number of hydrogen-bond acceptors (Lipinski definition) is 3. The van der Waals surface area contributed by atoms with Crippen LogP contribution in [0.5, 0.6) is 0 Å². The number of carboxylic acids is 1. The van der Waals surface area contributed by atoms with Crippen LogP contribution in [0, 0.1) is 0 Å². The highest BCUT2D eigenvalue weighted by Gasteiger charge is 2.23. The normalized spacial score (nSPS) is 11.7. The maximum atomic E-state index is 12.0. The van der Waals surface area contributed by atoms with Crippen molar-refractivity contribution in [2.24, 2.45) is 0 Å². The van der Waals surface area contributed by atoms with Gasteiger partial charge in [-0.05, 0) is 28.0 Å². The van der Waals surface area contributed by atoms with Crippen molar-refractivity contribution in [3.8, 4) is 0 Å². The second kappa shape index (κ2) is 7.49. The predicted molar refractivity (Wildman–Crippen MR) is 94.1 cm³/mol. The predicted octanol–water partition coefficient (Wildman–Crippen LogP) is 3.89. The van der Waals surface area contributed by atoms with E-state index in [-0.39, 0.29) is 6.61 Å². The molecule has 0 aliphatic rings. The summed E-state index contributed by atoms with van der Waals surface area (Å²) in [7, 11) is 0. The largest absolute Gasteiger partial charge is 0.479 e.